The summed E-state index contributed by atoms with van der Waals surface area (Å²) in [5, 5.41) is 5.42. The lowest BCUT2D eigenvalue weighted by Gasteiger charge is -2.15. The molecule has 2 rings (SSSR count). The summed E-state index contributed by atoms with van der Waals surface area (Å²) in [5.74, 6) is -0.385. The topological polar surface area (TPSA) is 83.4 Å². The number of hydrogen-bond donors (Lipinski definition) is 2. The van der Waals surface area contributed by atoms with E-state index in [1.54, 1.807) is 16.4 Å². The van der Waals surface area contributed by atoms with Crippen LogP contribution in [0.3, 0.4) is 0 Å². The van der Waals surface area contributed by atoms with Crippen LogP contribution < -0.4 is 16.2 Å². The van der Waals surface area contributed by atoms with Crippen LogP contribution >= 0.6 is 0 Å². The number of carbonyl (C=O) groups excluding carboxylic acids is 2. The smallest absolute Gasteiger partial charge is 0.317 e. The van der Waals surface area contributed by atoms with Gasteiger partial charge in [-0.3, -0.25) is 9.59 Å². The van der Waals surface area contributed by atoms with Gasteiger partial charge in [0.25, 0.3) is 11.5 Å². The molecule has 7 heteroatoms. The quantitative estimate of drug-likeness (QED) is 0.817. The van der Waals surface area contributed by atoms with Crippen molar-refractivity contribution >= 4 is 11.9 Å². The third-order valence-electron chi connectivity index (χ3n) is 3.86. The first kappa shape index (κ1) is 16.1. The largest absolute Gasteiger partial charge is 0.350 e. The molecule has 0 aromatic carbocycles. The molecule has 7 nitrogen and oxygen atoms in total. The Morgan fingerprint density at radius 2 is 2.09 bits per heavy atom. The van der Waals surface area contributed by atoms with Gasteiger partial charge in [-0.25, -0.2) is 4.79 Å². The van der Waals surface area contributed by atoms with Crippen molar-refractivity contribution in [3.63, 3.8) is 0 Å². The molecule has 0 bridgehead atoms. The second-order valence-corrected chi connectivity index (χ2v) is 5.37. The van der Waals surface area contributed by atoms with E-state index in [1.165, 1.54) is 0 Å². The van der Waals surface area contributed by atoms with Crippen LogP contribution in [0.25, 0.3) is 0 Å². The fourth-order valence-electron chi connectivity index (χ4n) is 2.71. The Kier molecular flexibility index (Phi) is 4.85. The Bertz CT molecular complexity index is 651. The number of urea groups is 1. The van der Waals surface area contributed by atoms with Crippen LogP contribution in [0.4, 0.5) is 4.79 Å². The van der Waals surface area contributed by atoms with Gasteiger partial charge in [-0.05, 0) is 32.4 Å². The van der Waals surface area contributed by atoms with E-state index in [-0.39, 0.29) is 23.1 Å². The molecule has 0 unspecified atom stereocenters. The molecule has 0 aliphatic carbocycles. The van der Waals surface area contributed by atoms with E-state index < -0.39 is 0 Å². The van der Waals surface area contributed by atoms with Gasteiger partial charge in [0.1, 0.15) is 5.56 Å². The fourth-order valence-corrected chi connectivity index (χ4v) is 2.71. The van der Waals surface area contributed by atoms with Crippen LogP contribution in [0.2, 0.25) is 0 Å². The highest BCUT2D eigenvalue weighted by atomic mass is 16.2. The zero-order valence-corrected chi connectivity index (χ0v) is 13.2. The molecular weight excluding hydrogens is 284 g/mol. The molecule has 22 heavy (non-hydrogen) atoms. The number of aromatic nitrogens is 1. The standard InChI is InChI=1S/C15H22N4O3/c1-4-19-11(3)9-10(2)12(14(19)21)13(20)16-5-7-18-8-6-17-15(18)22/h9H,4-8H2,1-3H3,(H,16,20)(H,17,22). The van der Waals surface area contributed by atoms with Crippen molar-refractivity contribution in [1.29, 1.82) is 0 Å². The van der Waals surface area contributed by atoms with Crippen LogP contribution in [0.1, 0.15) is 28.5 Å². The van der Waals surface area contributed by atoms with Gasteiger partial charge in [0.05, 0.1) is 0 Å². The van der Waals surface area contributed by atoms with Crippen LogP contribution in [-0.2, 0) is 6.54 Å². The van der Waals surface area contributed by atoms with Crippen LogP contribution in [0.5, 0.6) is 0 Å². The zero-order valence-electron chi connectivity index (χ0n) is 13.2. The minimum absolute atomic E-state index is 0.117. The molecule has 1 aromatic rings. The van der Waals surface area contributed by atoms with Crippen molar-refractivity contribution < 1.29 is 9.59 Å². The number of nitrogens with one attached hydrogen (secondary N) is 2. The van der Waals surface area contributed by atoms with E-state index in [9.17, 15) is 14.4 Å². The monoisotopic (exact) mass is 306 g/mol. The van der Waals surface area contributed by atoms with Gasteiger partial charge in [0.2, 0.25) is 0 Å². The van der Waals surface area contributed by atoms with Gasteiger partial charge in [-0.2, -0.15) is 0 Å². The number of nitrogens with zero attached hydrogens (tertiary/aromatic N) is 2. The summed E-state index contributed by atoms with van der Waals surface area (Å²) < 4.78 is 1.58. The van der Waals surface area contributed by atoms with Crippen molar-refractivity contribution in [1.82, 2.24) is 20.1 Å². The summed E-state index contributed by atoms with van der Waals surface area (Å²) in [7, 11) is 0. The van der Waals surface area contributed by atoms with Crippen LogP contribution in [0.15, 0.2) is 10.9 Å². The molecule has 1 aliphatic rings. The van der Waals surface area contributed by atoms with Gasteiger partial charge >= 0.3 is 6.03 Å². The maximum absolute atomic E-state index is 12.4. The second-order valence-electron chi connectivity index (χ2n) is 5.37. The molecule has 120 valence electrons. The van der Waals surface area contributed by atoms with Crippen molar-refractivity contribution in [2.75, 3.05) is 26.2 Å². The number of pyridine rings is 1. The zero-order chi connectivity index (χ0) is 16.3. The molecule has 1 saturated heterocycles. The van der Waals surface area contributed by atoms with Crippen LogP contribution in [0, 0.1) is 13.8 Å². The lowest BCUT2D eigenvalue weighted by atomic mass is 10.1. The number of carbonyl (C=O) groups is 2. The van der Waals surface area contributed by atoms with Gasteiger partial charge in [-0.15, -0.1) is 0 Å². The van der Waals surface area contributed by atoms with Gasteiger partial charge in [0.15, 0.2) is 0 Å². The average molecular weight is 306 g/mol. The molecule has 0 radical (unpaired) electrons. The Balaban J connectivity index is 2.06. The van der Waals surface area contributed by atoms with Crippen molar-refractivity contribution in [3.8, 4) is 0 Å². The third-order valence-corrected chi connectivity index (χ3v) is 3.86. The molecule has 0 atom stereocenters. The fraction of sp³-hybridized carbons (Fsp3) is 0.533. The maximum Gasteiger partial charge on any atom is 0.317 e. The normalized spacial score (nSPS) is 14.1. The van der Waals surface area contributed by atoms with E-state index in [2.05, 4.69) is 10.6 Å². The Labute approximate surface area is 129 Å². The molecule has 2 N–H and O–H groups in total. The number of hydrogen-bond acceptors (Lipinski definition) is 3. The van der Waals surface area contributed by atoms with E-state index in [4.69, 9.17) is 0 Å². The van der Waals surface area contributed by atoms with Gasteiger partial charge in [0, 0.05) is 38.4 Å². The summed E-state index contributed by atoms with van der Waals surface area (Å²) in [6.07, 6.45) is 0. The van der Waals surface area contributed by atoms with Crippen LogP contribution in [-0.4, -0.2) is 47.6 Å². The van der Waals surface area contributed by atoms with Crippen molar-refractivity contribution in [2.24, 2.45) is 0 Å². The predicted octanol–water partition coefficient (Wildman–Crippen LogP) is 0.240. The summed E-state index contributed by atoms with van der Waals surface area (Å²) >= 11 is 0. The third kappa shape index (κ3) is 3.13. The minimum Gasteiger partial charge on any atom is -0.350 e. The molecule has 2 heterocycles. The number of aryl methyl sites for hydroxylation is 2. The lowest BCUT2D eigenvalue weighted by Crippen LogP contribution is -2.39. The van der Waals surface area contributed by atoms with Gasteiger partial charge in [-0.1, -0.05) is 0 Å². The minimum atomic E-state index is -0.385. The Morgan fingerprint density at radius 1 is 1.36 bits per heavy atom. The summed E-state index contributed by atoms with van der Waals surface area (Å²) in [4.78, 5) is 37.7. The first-order valence-electron chi connectivity index (χ1n) is 7.47. The highest BCUT2D eigenvalue weighted by Gasteiger charge is 2.20. The van der Waals surface area contributed by atoms with Crippen molar-refractivity contribution in [3.05, 3.63) is 33.2 Å². The number of amides is 3. The maximum atomic E-state index is 12.4. The first-order chi connectivity index (χ1) is 10.5. The Hall–Kier alpha value is -2.31. The number of rotatable bonds is 5. The average Bonchev–Trinajstić information content (AvgIpc) is 2.84. The SMILES string of the molecule is CCn1c(C)cc(C)c(C(=O)NCCN2CCNC2=O)c1=O. The van der Waals surface area contributed by atoms with E-state index in [0.29, 0.717) is 38.3 Å². The second kappa shape index (κ2) is 6.64. The molecular formula is C15H22N4O3. The predicted molar refractivity (Wildman–Crippen MR) is 83.2 cm³/mol. The van der Waals surface area contributed by atoms with Gasteiger partial charge < -0.3 is 20.1 Å². The summed E-state index contributed by atoms with van der Waals surface area (Å²) in [5.41, 5.74) is 1.42. The molecule has 0 saturated carbocycles. The summed E-state index contributed by atoms with van der Waals surface area (Å²) in [6.45, 7) is 8.04. The molecule has 1 aliphatic heterocycles. The first-order valence-corrected chi connectivity index (χ1v) is 7.47. The highest BCUT2D eigenvalue weighted by Crippen LogP contribution is 2.06. The van der Waals surface area contributed by atoms with E-state index >= 15 is 0 Å². The molecule has 0 spiro atoms. The van der Waals surface area contributed by atoms with E-state index in [1.807, 2.05) is 19.9 Å². The lowest BCUT2D eigenvalue weighted by molar-refractivity contribution is 0.0947. The Morgan fingerprint density at radius 3 is 2.68 bits per heavy atom. The highest BCUT2D eigenvalue weighted by molar-refractivity contribution is 5.95. The van der Waals surface area contributed by atoms with Crippen molar-refractivity contribution in [2.45, 2.75) is 27.3 Å². The summed E-state index contributed by atoms with van der Waals surface area (Å²) in [6, 6.07) is 1.72. The molecule has 3 amide bonds. The van der Waals surface area contributed by atoms with E-state index in [0.717, 1.165) is 5.69 Å². The molecule has 1 aromatic heterocycles. The molecule has 1 fully saturated rings.